The molecular weight excluding hydrogens is 427 g/mol. The summed E-state index contributed by atoms with van der Waals surface area (Å²) in [6, 6.07) is 15.6. The number of hydrogen-bond acceptors (Lipinski definition) is 4. The number of hydrogen-bond donors (Lipinski definition) is 0. The maximum atomic E-state index is 13.1. The van der Waals surface area contributed by atoms with Crippen LogP contribution in [0.4, 0.5) is 19.0 Å². The Morgan fingerprint density at radius 3 is 2.09 bits per heavy atom. The molecule has 5 nitrogen and oxygen atoms in total. The smallest absolute Gasteiger partial charge is 0.354 e. The van der Waals surface area contributed by atoms with Gasteiger partial charge >= 0.3 is 6.18 Å². The molecule has 0 aliphatic carbocycles. The molecule has 170 valence electrons. The van der Waals surface area contributed by atoms with Gasteiger partial charge in [0.15, 0.2) is 0 Å². The molecule has 0 saturated carbocycles. The molecule has 2 aromatic heterocycles. The molecule has 1 aliphatic heterocycles. The zero-order chi connectivity index (χ0) is 23.2. The predicted molar refractivity (Wildman–Crippen MR) is 124 cm³/mol. The summed E-state index contributed by atoms with van der Waals surface area (Å²) < 4.78 is 41.0. The number of halogens is 3. The van der Waals surface area contributed by atoms with E-state index in [1.54, 1.807) is 0 Å². The van der Waals surface area contributed by atoms with Gasteiger partial charge in [0.25, 0.3) is 0 Å². The fourth-order valence-electron chi connectivity index (χ4n) is 4.23. The number of rotatable bonds is 3. The molecule has 3 heterocycles. The molecule has 4 aromatic rings. The molecule has 0 radical (unpaired) electrons. The summed E-state index contributed by atoms with van der Waals surface area (Å²) in [4.78, 5) is 13.7. The molecule has 0 amide bonds. The minimum Gasteiger partial charge on any atom is -0.354 e. The first-order valence-electron chi connectivity index (χ1n) is 10.8. The van der Waals surface area contributed by atoms with Gasteiger partial charge in [0, 0.05) is 50.6 Å². The number of anilines is 1. The Balaban J connectivity index is 1.38. The highest BCUT2D eigenvalue weighted by Crippen LogP contribution is 2.33. The van der Waals surface area contributed by atoms with Crippen LogP contribution in [0.2, 0.25) is 0 Å². The molecule has 2 aromatic carbocycles. The number of pyridine rings is 1. The fraction of sp³-hybridized carbons (Fsp3) is 0.280. The maximum Gasteiger partial charge on any atom is 0.416 e. The molecule has 1 aliphatic rings. The Bertz CT molecular complexity index is 1270. The van der Waals surface area contributed by atoms with Crippen molar-refractivity contribution >= 4 is 16.9 Å². The lowest BCUT2D eigenvalue weighted by Crippen LogP contribution is -2.44. The van der Waals surface area contributed by atoms with Crippen LogP contribution < -0.4 is 4.90 Å². The summed E-state index contributed by atoms with van der Waals surface area (Å²) >= 11 is 0. The highest BCUT2D eigenvalue weighted by atomic mass is 19.4. The average Bonchev–Trinajstić information content (AvgIpc) is 3.15. The third-order valence-corrected chi connectivity index (χ3v) is 6.26. The van der Waals surface area contributed by atoms with Gasteiger partial charge in [-0.15, -0.1) is 0 Å². The lowest BCUT2D eigenvalue weighted by molar-refractivity contribution is -0.137. The summed E-state index contributed by atoms with van der Waals surface area (Å²) in [5.74, 6) is 1.61. The molecule has 0 spiro atoms. The van der Waals surface area contributed by atoms with Gasteiger partial charge < -0.3 is 14.4 Å². The molecule has 0 bridgehead atoms. The Hall–Kier alpha value is -3.39. The number of fused-ring (bicyclic) bond motifs is 1. The minimum atomic E-state index is -4.39. The first-order chi connectivity index (χ1) is 15.8. The molecule has 33 heavy (non-hydrogen) atoms. The van der Waals surface area contributed by atoms with Crippen molar-refractivity contribution in [3.8, 4) is 22.5 Å². The van der Waals surface area contributed by atoms with Crippen LogP contribution in [0.1, 0.15) is 5.56 Å². The molecule has 1 saturated heterocycles. The van der Waals surface area contributed by atoms with Crippen molar-refractivity contribution in [2.24, 2.45) is 7.05 Å². The second-order valence-corrected chi connectivity index (χ2v) is 8.47. The van der Waals surface area contributed by atoms with E-state index in [4.69, 9.17) is 0 Å². The summed E-state index contributed by atoms with van der Waals surface area (Å²) in [7, 11) is 3.94. The molecule has 0 N–H and O–H groups in total. The molecule has 5 rings (SSSR count). The average molecular weight is 451 g/mol. The lowest BCUT2D eigenvalue weighted by Gasteiger charge is -2.33. The Morgan fingerprint density at radius 1 is 0.788 bits per heavy atom. The van der Waals surface area contributed by atoms with Gasteiger partial charge in [0.1, 0.15) is 11.6 Å². The van der Waals surface area contributed by atoms with Gasteiger partial charge in [-0.3, -0.25) is 0 Å². The van der Waals surface area contributed by atoms with Crippen LogP contribution in [0.15, 0.2) is 60.8 Å². The van der Waals surface area contributed by atoms with Crippen molar-refractivity contribution < 1.29 is 13.2 Å². The van der Waals surface area contributed by atoms with Gasteiger partial charge in [-0.1, -0.05) is 24.3 Å². The highest BCUT2D eigenvalue weighted by molar-refractivity contribution is 5.82. The van der Waals surface area contributed by atoms with E-state index in [0.717, 1.165) is 60.8 Å². The third kappa shape index (κ3) is 4.18. The van der Waals surface area contributed by atoms with Crippen molar-refractivity contribution in [1.82, 2.24) is 19.4 Å². The van der Waals surface area contributed by atoms with E-state index in [9.17, 15) is 13.2 Å². The Morgan fingerprint density at radius 2 is 1.45 bits per heavy atom. The van der Waals surface area contributed by atoms with E-state index >= 15 is 0 Å². The van der Waals surface area contributed by atoms with Gasteiger partial charge in [-0.25, -0.2) is 9.97 Å². The molecular formula is C25H24F3N5. The number of benzene rings is 2. The number of likely N-dealkylation sites (N-methyl/N-ethyl adjacent to an activating group) is 1. The summed E-state index contributed by atoms with van der Waals surface area (Å²) in [5.41, 5.74) is 3.17. The number of alkyl halides is 3. The van der Waals surface area contributed by atoms with Crippen molar-refractivity contribution in [1.29, 1.82) is 0 Å². The number of imidazole rings is 1. The van der Waals surface area contributed by atoms with E-state index in [1.807, 2.05) is 42.1 Å². The van der Waals surface area contributed by atoms with Gasteiger partial charge in [0.05, 0.1) is 16.6 Å². The third-order valence-electron chi connectivity index (χ3n) is 6.26. The minimum absolute atomic E-state index is 0.329. The first kappa shape index (κ1) is 21.5. The predicted octanol–water partition coefficient (Wildman–Crippen LogP) is 5.07. The standard InChI is InChI=1S/C25H24F3N5/c1-31-11-13-33(14-12-31)23-10-7-19(16-29-23)17-3-5-18(6-4-17)24-30-21-15-20(25(26,27)28)8-9-22(21)32(24)2/h3-10,15-16H,11-14H2,1-2H3. The second kappa shape index (κ2) is 8.19. The second-order valence-electron chi connectivity index (χ2n) is 8.47. The summed E-state index contributed by atoms with van der Waals surface area (Å²) in [6.07, 6.45) is -2.50. The van der Waals surface area contributed by atoms with Crippen LogP contribution >= 0.6 is 0 Å². The molecule has 0 atom stereocenters. The van der Waals surface area contributed by atoms with E-state index in [1.165, 1.54) is 6.07 Å². The number of aryl methyl sites for hydroxylation is 1. The molecule has 8 heteroatoms. The van der Waals surface area contributed by atoms with E-state index in [2.05, 4.69) is 38.9 Å². The van der Waals surface area contributed by atoms with Crippen molar-refractivity contribution in [2.75, 3.05) is 38.1 Å². The highest BCUT2D eigenvalue weighted by Gasteiger charge is 2.31. The van der Waals surface area contributed by atoms with Crippen LogP contribution in [-0.2, 0) is 13.2 Å². The van der Waals surface area contributed by atoms with Gasteiger partial charge in [-0.2, -0.15) is 13.2 Å². The zero-order valence-corrected chi connectivity index (χ0v) is 18.5. The first-order valence-corrected chi connectivity index (χ1v) is 10.8. The largest absolute Gasteiger partial charge is 0.416 e. The quantitative estimate of drug-likeness (QED) is 0.436. The van der Waals surface area contributed by atoms with Crippen LogP contribution in [0.25, 0.3) is 33.5 Å². The maximum absolute atomic E-state index is 13.1. The van der Waals surface area contributed by atoms with Crippen molar-refractivity contribution in [3.05, 3.63) is 66.4 Å². The lowest BCUT2D eigenvalue weighted by atomic mass is 10.1. The van der Waals surface area contributed by atoms with Gasteiger partial charge in [0.2, 0.25) is 0 Å². The topological polar surface area (TPSA) is 37.2 Å². The SMILES string of the molecule is CN1CCN(c2ccc(-c3ccc(-c4nc5cc(C(F)(F)F)ccc5n4C)cc3)cn2)CC1. The number of aromatic nitrogens is 3. The molecule has 0 unspecified atom stereocenters. The fourth-order valence-corrected chi connectivity index (χ4v) is 4.23. The van der Waals surface area contributed by atoms with Crippen LogP contribution in [0, 0.1) is 0 Å². The molecule has 1 fully saturated rings. The Kier molecular flexibility index (Phi) is 5.32. The summed E-state index contributed by atoms with van der Waals surface area (Å²) in [6.45, 7) is 4.01. The zero-order valence-electron chi connectivity index (χ0n) is 18.5. The summed E-state index contributed by atoms with van der Waals surface area (Å²) in [5, 5.41) is 0. The van der Waals surface area contributed by atoms with Crippen LogP contribution in [0.3, 0.4) is 0 Å². The van der Waals surface area contributed by atoms with E-state index < -0.39 is 11.7 Å². The van der Waals surface area contributed by atoms with E-state index in [-0.39, 0.29) is 0 Å². The monoisotopic (exact) mass is 451 g/mol. The van der Waals surface area contributed by atoms with Crippen LogP contribution in [0.5, 0.6) is 0 Å². The van der Waals surface area contributed by atoms with E-state index in [0.29, 0.717) is 16.9 Å². The van der Waals surface area contributed by atoms with Crippen LogP contribution in [-0.4, -0.2) is 52.7 Å². The normalized spacial score (nSPS) is 15.4. The Labute approximate surface area is 190 Å². The number of piperazine rings is 1. The number of nitrogens with zero attached hydrogens (tertiary/aromatic N) is 5. The van der Waals surface area contributed by atoms with Crippen molar-refractivity contribution in [2.45, 2.75) is 6.18 Å². The van der Waals surface area contributed by atoms with Crippen molar-refractivity contribution in [3.63, 3.8) is 0 Å². The van der Waals surface area contributed by atoms with Gasteiger partial charge in [-0.05, 0) is 42.9 Å².